The van der Waals surface area contributed by atoms with Crippen molar-refractivity contribution in [3.63, 3.8) is 0 Å². The van der Waals surface area contributed by atoms with Crippen molar-refractivity contribution in [2.75, 3.05) is 46.3 Å². The number of hydrogen-bond donors (Lipinski definition) is 0. The van der Waals surface area contributed by atoms with E-state index in [1.807, 2.05) is 16.8 Å². The van der Waals surface area contributed by atoms with E-state index in [4.69, 9.17) is 11.6 Å². The molecular formula is C18H28ClN3O3S2. The molecule has 2 heterocycles. The first kappa shape index (κ1) is 21.0. The van der Waals surface area contributed by atoms with E-state index in [1.54, 1.807) is 12.1 Å². The first-order chi connectivity index (χ1) is 12.9. The summed E-state index contributed by atoms with van der Waals surface area (Å²) in [5.41, 5.74) is 0. The van der Waals surface area contributed by atoms with Crippen molar-refractivity contribution in [2.24, 2.45) is 5.92 Å². The van der Waals surface area contributed by atoms with Gasteiger partial charge in [-0.25, -0.2) is 8.42 Å². The summed E-state index contributed by atoms with van der Waals surface area (Å²) in [5, 5.41) is 0. The lowest BCUT2D eigenvalue weighted by Gasteiger charge is -2.34. The standard InChI is InChI=1S/C18H28ClN3O3S2/c1-20(13-15-5-3-2-4-6-15)17(23)14-21-9-11-22(12-10-21)27(24,25)18-8-7-16(19)26-18/h7-8,15H,2-6,9-14H2,1H3. The zero-order valence-corrected chi connectivity index (χ0v) is 18.2. The molecule has 2 fully saturated rings. The van der Waals surface area contributed by atoms with Crippen LogP contribution in [0.3, 0.4) is 0 Å². The minimum Gasteiger partial charge on any atom is -0.344 e. The average molecular weight is 434 g/mol. The van der Waals surface area contributed by atoms with Gasteiger partial charge in [-0.05, 0) is 30.9 Å². The van der Waals surface area contributed by atoms with Crippen LogP contribution in [-0.4, -0.2) is 74.7 Å². The number of nitrogens with zero attached hydrogens (tertiary/aromatic N) is 3. The number of carbonyl (C=O) groups excluding carboxylic acids is 1. The summed E-state index contributed by atoms with van der Waals surface area (Å²) in [6.07, 6.45) is 6.32. The Morgan fingerprint density at radius 3 is 2.44 bits per heavy atom. The highest BCUT2D eigenvalue weighted by Gasteiger charge is 2.30. The van der Waals surface area contributed by atoms with Crippen molar-refractivity contribution < 1.29 is 13.2 Å². The maximum Gasteiger partial charge on any atom is 0.252 e. The van der Waals surface area contributed by atoms with Gasteiger partial charge in [-0.2, -0.15) is 4.31 Å². The fraction of sp³-hybridized carbons (Fsp3) is 0.722. The number of piperazine rings is 1. The van der Waals surface area contributed by atoms with E-state index in [2.05, 4.69) is 0 Å². The van der Waals surface area contributed by atoms with E-state index in [1.165, 1.54) is 36.4 Å². The van der Waals surface area contributed by atoms with Gasteiger partial charge in [-0.15, -0.1) is 11.3 Å². The van der Waals surface area contributed by atoms with Crippen molar-refractivity contribution in [1.82, 2.24) is 14.1 Å². The molecule has 0 radical (unpaired) electrons. The predicted molar refractivity (Wildman–Crippen MR) is 109 cm³/mol. The van der Waals surface area contributed by atoms with Gasteiger partial charge in [0.25, 0.3) is 10.0 Å². The largest absolute Gasteiger partial charge is 0.344 e. The Balaban J connectivity index is 1.46. The second kappa shape index (κ2) is 9.22. The average Bonchev–Trinajstić information content (AvgIpc) is 3.10. The van der Waals surface area contributed by atoms with Gasteiger partial charge in [-0.1, -0.05) is 30.9 Å². The second-order valence-corrected chi connectivity index (χ2v) is 11.4. The van der Waals surface area contributed by atoms with Gasteiger partial charge in [0.05, 0.1) is 10.9 Å². The molecular weight excluding hydrogens is 406 g/mol. The van der Waals surface area contributed by atoms with Crippen molar-refractivity contribution in [2.45, 2.75) is 36.3 Å². The molecule has 6 nitrogen and oxygen atoms in total. The second-order valence-electron chi connectivity index (χ2n) is 7.52. The normalized spacial score (nSPS) is 20.7. The van der Waals surface area contributed by atoms with Gasteiger partial charge in [0.2, 0.25) is 5.91 Å². The highest BCUT2D eigenvalue weighted by atomic mass is 35.5. The topological polar surface area (TPSA) is 60.9 Å². The Labute approximate surface area is 171 Å². The predicted octanol–water partition coefficient (Wildman–Crippen LogP) is 2.75. The lowest BCUT2D eigenvalue weighted by molar-refractivity contribution is -0.132. The summed E-state index contributed by atoms with van der Waals surface area (Å²) in [5.74, 6) is 0.759. The van der Waals surface area contributed by atoms with E-state index < -0.39 is 10.0 Å². The van der Waals surface area contributed by atoms with Crippen molar-refractivity contribution in [3.8, 4) is 0 Å². The van der Waals surface area contributed by atoms with E-state index in [-0.39, 0.29) is 10.1 Å². The summed E-state index contributed by atoms with van der Waals surface area (Å²) < 4.78 is 27.5. The maximum atomic E-state index is 12.6. The zero-order valence-electron chi connectivity index (χ0n) is 15.8. The number of carbonyl (C=O) groups is 1. The molecule has 1 aromatic heterocycles. The number of halogens is 1. The molecule has 0 N–H and O–H groups in total. The lowest BCUT2D eigenvalue weighted by atomic mass is 9.89. The molecule has 3 rings (SSSR count). The molecule has 0 atom stereocenters. The van der Waals surface area contributed by atoms with Crippen molar-refractivity contribution in [1.29, 1.82) is 0 Å². The third-order valence-corrected chi connectivity index (χ3v) is 9.11. The van der Waals surface area contributed by atoms with Crippen LogP contribution in [0, 0.1) is 5.92 Å². The van der Waals surface area contributed by atoms with Gasteiger partial charge in [0, 0.05) is 39.8 Å². The Morgan fingerprint density at radius 2 is 1.85 bits per heavy atom. The monoisotopic (exact) mass is 433 g/mol. The highest BCUT2D eigenvalue weighted by molar-refractivity contribution is 7.91. The van der Waals surface area contributed by atoms with Crippen LogP contribution in [0.5, 0.6) is 0 Å². The van der Waals surface area contributed by atoms with Crippen LogP contribution >= 0.6 is 22.9 Å². The molecule has 0 unspecified atom stereocenters. The Morgan fingerprint density at radius 1 is 1.19 bits per heavy atom. The van der Waals surface area contributed by atoms with Gasteiger partial charge in [-0.3, -0.25) is 9.69 Å². The Bertz CT molecular complexity index is 739. The molecule has 27 heavy (non-hydrogen) atoms. The number of sulfonamides is 1. The number of rotatable bonds is 6. The molecule has 0 bridgehead atoms. The summed E-state index contributed by atoms with van der Waals surface area (Å²) in [4.78, 5) is 16.4. The molecule has 1 amide bonds. The molecule has 1 aliphatic carbocycles. The SMILES string of the molecule is CN(CC1CCCCC1)C(=O)CN1CCN(S(=O)(=O)c2ccc(Cl)s2)CC1. The van der Waals surface area contributed by atoms with Crippen LogP contribution in [0.2, 0.25) is 4.34 Å². The molecule has 9 heteroatoms. The molecule has 0 spiro atoms. The number of hydrogen-bond acceptors (Lipinski definition) is 5. The van der Waals surface area contributed by atoms with E-state index >= 15 is 0 Å². The number of thiophene rings is 1. The van der Waals surface area contributed by atoms with Gasteiger partial charge in [0.15, 0.2) is 0 Å². The third kappa shape index (κ3) is 5.44. The van der Waals surface area contributed by atoms with Crippen LogP contribution in [0.25, 0.3) is 0 Å². The Kier molecular flexibility index (Phi) is 7.19. The molecule has 0 aromatic carbocycles. The molecule has 1 aromatic rings. The zero-order chi connectivity index (χ0) is 19.4. The first-order valence-electron chi connectivity index (χ1n) is 9.58. The van der Waals surface area contributed by atoms with Crippen LogP contribution in [-0.2, 0) is 14.8 Å². The smallest absolute Gasteiger partial charge is 0.252 e. The van der Waals surface area contributed by atoms with Crippen LogP contribution in [0.1, 0.15) is 32.1 Å². The van der Waals surface area contributed by atoms with Gasteiger partial charge < -0.3 is 4.90 Å². The lowest BCUT2D eigenvalue weighted by Crippen LogP contribution is -2.51. The van der Waals surface area contributed by atoms with Crippen LogP contribution in [0.4, 0.5) is 0 Å². The summed E-state index contributed by atoms with van der Waals surface area (Å²) in [6, 6.07) is 3.16. The number of likely N-dealkylation sites (N-methyl/N-ethyl adjacent to an activating group) is 1. The van der Waals surface area contributed by atoms with Gasteiger partial charge >= 0.3 is 0 Å². The summed E-state index contributed by atoms with van der Waals surface area (Å²) in [7, 11) is -1.60. The molecule has 1 aliphatic heterocycles. The van der Waals surface area contributed by atoms with Crippen molar-refractivity contribution in [3.05, 3.63) is 16.5 Å². The van der Waals surface area contributed by atoms with E-state index in [9.17, 15) is 13.2 Å². The molecule has 1 saturated heterocycles. The van der Waals surface area contributed by atoms with Crippen LogP contribution in [0.15, 0.2) is 16.3 Å². The highest BCUT2D eigenvalue weighted by Crippen LogP contribution is 2.28. The summed E-state index contributed by atoms with van der Waals surface area (Å²) >= 11 is 6.95. The van der Waals surface area contributed by atoms with Crippen LogP contribution < -0.4 is 0 Å². The fourth-order valence-electron chi connectivity index (χ4n) is 3.86. The van der Waals surface area contributed by atoms with Gasteiger partial charge in [0.1, 0.15) is 4.21 Å². The van der Waals surface area contributed by atoms with E-state index in [0.717, 1.165) is 17.9 Å². The Hall–Kier alpha value is -0.670. The molecule has 1 saturated carbocycles. The first-order valence-corrected chi connectivity index (χ1v) is 12.2. The number of amides is 1. The maximum absolute atomic E-state index is 12.6. The van der Waals surface area contributed by atoms with E-state index in [0.29, 0.717) is 43.0 Å². The minimum atomic E-state index is -3.48. The molecule has 2 aliphatic rings. The minimum absolute atomic E-state index is 0.127. The van der Waals surface area contributed by atoms with Crippen molar-refractivity contribution >= 4 is 38.9 Å². The quantitative estimate of drug-likeness (QED) is 0.692. The summed E-state index contributed by atoms with van der Waals surface area (Å²) in [6.45, 7) is 3.14. The fourth-order valence-corrected chi connectivity index (χ4v) is 6.92. The molecule has 152 valence electrons. The third-order valence-electron chi connectivity index (χ3n) is 5.52.